The van der Waals surface area contributed by atoms with E-state index in [1.807, 2.05) is 13.0 Å². The second-order valence-corrected chi connectivity index (χ2v) is 5.11. The summed E-state index contributed by atoms with van der Waals surface area (Å²) < 4.78 is 19.1. The van der Waals surface area contributed by atoms with Crippen LogP contribution in [0.25, 0.3) is 0 Å². The van der Waals surface area contributed by atoms with Crippen LogP contribution in [-0.2, 0) is 13.0 Å². The Balaban J connectivity index is 2.06. The third kappa shape index (κ3) is 3.82. The van der Waals surface area contributed by atoms with Crippen molar-refractivity contribution in [1.29, 1.82) is 0 Å². The zero-order valence-electron chi connectivity index (χ0n) is 12.8. The minimum Gasteiger partial charge on any atom is -0.497 e. The average molecular weight is 287 g/mol. The summed E-state index contributed by atoms with van der Waals surface area (Å²) in [6.45, 7) is 4.85. The lowest BCUT2D eigenvalue weighted by Crippen LogP contribution is -2.19. The predicted molar refractivity (Wildman–Crippen MR) is 84.0 cm³/mol. The molecule has 0 amide bonds. The largest absolute Gasteiger partial charge is 0.497 e. The van der Waals surface area contributed by atoms with Crippen LogP contribution in [0.4, 0.5) is 4.39 Å². The lowest BCUT2D eigenvalue weighted by molar-refractivity contribution is 0.409. The summed E-state index contributed by atoms with van der Waals surface area (Å²) in [5.41, 5.74) is 3.25. The van der Waals surface area contributed by atoms with Gasteiger partial charge < -0.3 is 10.1 Å². The van der Waals surface area contributed by atoms with Crippen molar-refractivity contribution >= 4 is 0 Å². The Labute approximate surface area is 126 Å². The van der Waals surface area contributed by atoms with Crippen molar-refractivity contribution in [2.45, 2.75) is 32.9 Å². The fourth-order valence-corrected chi connectivity index (χ4v) is 2.43. The zero-order chi connectivity index (χ0) is 15.2. The average Bonchev–Trinajstić information content (AvgIpc) is 2.52. The molecule has 0 saturated carbocycles. The standard InChI is InChI=1S/C18H22FNO/c1-4-14-7-5-6-8-15(14)12-20-13(2)17-10-9-16(21-3)11-18(17)19/h5-11,13,20H,4,12H2,1-3H3. The summed E-state index contributed by atoms with van der Waals surface area (Å²) in [5, 5.41) is 3.39. The van der Waals surface area contributed by atoms with Gasteiger partial charge in [-0.15, -0.1) is 0 Å². The molecule has 3 heteroatoms. The van der Waals surface area contributed by atoms with Crippen molar-refractivity contribution in [3.63, 3.8) is 0 Å². The lowest BCUT2D eigenvalue weighted by Gasteiger charge is -2.17. The van der Waals surface area contributed by atoms with Crippen LogP contribution in [0.2, 0.25) is 0 Å². The van der Waals surface area contributed by atoms with E-state index in [0.717, 1.165) is 13.0 Å². The van der Waals surface area contributed by atoms with E-state index in [1.54, 1.807) is 12.1 Å². The number of hydrogen-bond donors (Lipinski definition) is 1. The molecule has 112 valence electrons. The molecule has 0 fully saturated rings. The minimum absolute atomic E-state index is 0.0548. The van der Waals surface area contributed by atoms with E-state index >= 15 is 0 Å². The Hall–Kier alpha value is -1.87. The molecule has 0 aliphatic heterocycles. The Morgan fingerprint density at radius 2 is 1.86 bits per heavy atom. The molecule has 2 nitrogen and oxygen atoms in total. The van der Waals surface area contributed by atoms with Crippen LogP contribution >= 0.6 is 0 Å². The van der Waals surface area contributed by atoms with Gasteiger partial charge in [0.2, 0.25) is 0 Å². The zero-order valence-corrected chi connectivity index (χ0v) is 12.8. The van der Waals surface area contributed by atoms with Crippen molar-refractivity contribution in [3.05, 3.63) is 65.0 Å². The van der Waals surface area contributed by atoms with Crippen molar-refractivity contribution in [3.8, 4) is 5.75 Å². The summed E-state index contributed by atoms with van der Waals surface area (Å²) in [4.78, 5) is 0. The first-order chi connectivity index (χ1) is 10.2. The summed E-state index contributed by atoms with van der Waals surface area (Å²) in [5.74, 6) is 0.304. The molecule has 0 aliphatic rings. The van der Waals surface area contributed by atoms with E-state index < -0.39 is 0 Å². The molecule has 0 aliphatic carbocycles. The third-order valence-corrected chi connectivity index (χ3v) is 3.77. The normalized spacial score (nSPS) is 12.2. The Morgan fingerprint density at radius 3 is 2.48 bits per heavy atom. The third-order valence-electron chi connectivity index (χ3n) is 3.77. The van der Waals surface area contributed by atoms with E-state index in [4.69, 9.17) is 4.74 Å². The fourth-order valence-electron chi connectivity index (χ4n) is 2.43. The first kappa shape index (κ1) is 15.5. The van der Waals surface area contributed by atoms with E-state index in [2.05, 4.69) is 30.4 Å². The fraction of sp³-hybridized carbons (Fsp3) is 0.333. The quantitative estimate of drug-likeness (QED) is 0.857. The van der Waals surface area contributed by atoms with E-state index in [1.165, 1.54) is 24.3 Å². The van der Waals surface area contributed by atoms with Gasteiger partial charge in [0.25, 0.3) is 0 Å². The Morgan fingerprint density at radius 1 is 1.14 bits per heavy atom. The van der Waals surface area contributed by atoms with Gasteiger partial charge >= 0.3 is 0 Å². The molecule has 1 atom stereocenters. The van der Waals surface area contributed by atoms with Crippen molar-refractivity contribution < 1.29 is 9.13 Å². The SMILES string of the molecule is CCc1ccccc1CNC(C)c1ccc(OC)cc1F. The van der Waals surface area contributed by atoms with E-state index in [0.29, 0.717) is 11.3 Å². The number of hydrogen-bond acceptors (Lipinski definition) is 2. The van der Waals surface area contributed by atoms with Gasteiger partial charge in [-0.05, 0) is 30.5 Å². The van der Waals surface area contributed by atoms with Crippen molar-refractivity contribution in [2.24, 2.45) is 0 Å². The highest BCUT2D eigenvalue weighted by Crippen LogP contribution is 2.22. The summed E-state index contributed by atoms with van der Waals surface area (Å²) in [6, 6.07) is 13.3. The van der Waals surface area contributed by atoms with Crippen molar-refractivity contribution in [1.82, 2.24) is 5.32 Å². The maximum absolute atomic E-state index is 14.0. The molecule has 2 rings (SSSR count). The molecular formula is C18H22FNO. The van der Waals surface area contributed by atoms with E-state index in [9.17, 15) is 4.39 Å². The van der Waals surface area contributed by atoms with Crippen molar-refractivity contribution in [2.75, 3.05) is 7.11 Å². The van der Waals surface area contributed by atoms with Gasteiger partial charge in [-0.25, -0.2) is 4.39 Å². The second-order valence-electron chi connectivity index (χ2n) is 5.11. The van der Waals surface area contributed by atoms with Gasteiger partial charge in [0.15, 0.2) is 0 Å². The highest BCUT2D eigenvalue weighted by Gasteiger charge is 2.12. The molecule has 0 aromatic heterocycles. The minimum atomic E-state index is -0.238. The molecular weight excluding hydrogens is 265 g/mol. The number of methoxy groups -OCH3 is 1. The molecule has 0 bridgehead atoms. The molecule has 1 N–H and O–H groups in total. The van der Waals surface area contributed by atoms with Gasteiger partial charge in [-0.3, -0.25) is 0 Å². The lowest BCUT2D eigenvalue weighted by atomic mass is 10.0. The van der Waals surface area contributed by atoms with Crippen LogP contribution in [-0.4, -0.2) is 7.11 Å². The maximum Gasteiger partial charge on any atom is 0.131 e. The highest BCUT2D eigenvalue weighted by atomic mass is 19.1. The van der Waals surface area contributed by atoms with Crippen LogP contribution in [0.15, 0.2) is 42.5 Å². The summed E-state index contributed by atoms with van der Waals surface area (Å²) >= 11 is 0. The maximum atomic E-state index is 14.0. The van der Waals surface area contributed by atoms with Crippen LogP contribution in [0.5, 0.6) is 5.75 Å². The molecule has 2 aromatic carbocycles. The first-order valence-corrected chi connectivity index (χ1v) is 7.29. The monoisotopic (exact) mass is 287 g/mol. The number of aryl methyl sites for hydroxylation is 1. The molecule has 0 saturated heterocycles. The second kappa shape index (κ2) is 7.23. The highest BCUT2D eigenvalue weighted by molar-refractivity contribution is 5.31. The molecule has 0 heterocycles. The number of benzene rings is 2. The Kier molecular flexibility index (Phi) is 5.34. The van der Waals surface area contributed by atoms with Gasteiger partial charge in [0.1, 0.15) is 11.6 Å². The molecule has 2 aromatic rings. The molecule has 1 unspecified atom stereocenters. The van der Waals surface area contributed by atoms with Gasteiger partial charge in [-0.1, -0.05) is 37.3 Å². The molecule has 0 spiro atoms. The summed E-state index contributed by atoms with van der Waals surface area (Å²) in [7, 11) is 1.54. The number of halogens is 1. The summed E-state index contributed by atoms with van der Waals surface area (Å²) in [6.07, 6.45) is 1.00. The Bertz CT molecular complexity index is 598. The van der Waals surface area contributed by atoms with E-state index in [-0.39, 0.29) is 11.9 Å². The van der Waals surface area contributed by atoms with Gasteiger partial charge in [0, 0.05) is 24.2 Å². The first-order valence-electron chi connectivity index (χ1n) is 7.29. The van der Waals surface area contributed by atoms with Gasteiger partial charge in [0.05, 0.1) is 7.11 Å². The number of nitrogens with one attached hydrogen (secondary N) is 1. The number of rotatable bonds is 6. The smallest absolute Gasteiger partial charge is 0.131 e. The van der Waals surface area contributed by atoms with Crippen LogP contribution < -0.4 is 10.1 Å². The van der Waals surface area contributed by atoms with Gasteiger partial charge in [-0.2, -0.15) is 0 Å². The predicted octanol–water partition coefficient (Wildman–Crippen LogP) is 4.25. The van der Waals surface area contributed by atoms with Crippen LogP contribution in [0, 0.1) is 5.82 Å². The molecule has 21 heavy (non-hydrogen) atoms. The van der Waals surface area contributed by atoms with Crippen LogP contribution in [0.1, 0.15) is 36.6 Å². The number of ether oxygens (including phenoxy) is 1. The van der Waals surface area contributed by atoms with Crippen LogP contribution in [0.3, 0.4) is 0 Å². The topological polar surface area (TPSA) is 21.3 Å². The molecule has 0 radical (unpaired) electrons.